The standard InChI is InChI=1S/C35H55N3O8/c1-24(2)29-23-43-19-11-12-20-44-27-16-14-25(15-17-27)21-26(31(40)38-29)22-30(39)37-28(32(41)45-34(3,4)5)13-9-10-18-36-33(42)46-35(6,7)8/h11-12,14-17,24,26,28-29H,9-10,13,18-23H2,1-8H3,(H,36,42)(H,37,39)(H,38,40)/t26-,28?,29+/m0/s1. The lowest BCUT2D eigenvalue weighted by Crippen LogP contribution is -2.48. The van der Waals surface area contributed by atoms with Crippen molar-refractivity contribution in [3.8, 4) is 5.75 Å². The normalized spacial score (nSPS) is 18.7. The number of fused-ring (bicyclic) bond motifs is 12. The Hall–Kier alpha value is -3.60. The average molecular weight is 646 g/mol. The molecule has 3 amide bonds. The van der Waals surface area contributed by atoms with Gasteiger partial charge in [0, 0.05) is 13.0 Å². The predicted molar refractivity (Wildman–Crippen MR) is 176 cm³/mol. The maximum absolute atomic E-state index is 13.6. The SMILES string of the molecule is CC(C)[C@H]1COCC=CCOc2ccc(cc2)C[C@@H](CC(=O)NC(CCCCNC(=O)OC(C)(C)C)C(=O)OC(C)(C)C)C(=O)N1. The van der Waals surface area contributed by atoms with E-state index in [1.807, 2.05) is 50.3 Å². The number of rotatable bonds is 10. The Morgan fingerprint density at radius 3 is 2.24 bits per heavy atom. The molecule has 2 aliphatic rings. The molecule has 11 heteroatoms. The third kappa shape index (κ3) is 16.1. The number of unbranched alkanes of at least 4 members (excludes halogenated alkanes) is 1. The summed E-state index contributed by atoms with van der Waals surface area (Å²) in [5, 5.41) is 8.62. The van der Waals surface area contributed by atoms with Crippen LogP contribution in [0.2, 0.25) is 0 Å². The number of hydrogen-bond donors (Lipinski definition) is 3. The van der Waals surface area contributed by atoms with Gasteiger partial charge in [0.1, 0.15) is 29.6 Å². The van der Waals surface area contributed by atoms with Gasteiger partial charge in [-0.15, -0.1) is 0 Å². The van der Waals surface area contributed by atoms with Crippen molar-refractivity contribution >= 4 is 23.9 Å². The molecule has 1 aromatic rings. The highest BCUT2D eigenvalue weighted by Crippen LogP contribution is 2.19. The highest BCUT2D eigenvalue weighted by Gasteiger charge is 2.30. The van der Waals surface area contributed by atoms with Gasteiger partial charge >= 0.3 is 12.1 Å². The summed E-state index contributed by atoms with van der Waals surface area (Å²) in [6, 6.07) is 6.30. The van der Waals surface area contributed by atoms with Crippen molar-refractivity contribution in [2.75, 3.05) is 26.4 Å². The van der Waals surface area contributed by atoms with E-state index in [0.717, 1.165) is 5.56 Å². The minimum atomic E-state index is -0.913. The fourth-order valence-corrected chi connectivity index (χ4v) is 4.59. The molecule has 0 radical (unpaired) electrons. The molecule has 3 N–H and O–H groups in total. The highest BCUT2D eigenvalue weighted by atomic mass is 16.6. The van der Waals surface area contributed by atoms with Crippen molar-refractivity contribution in [3.63, 3.8) is 0 Å². The van der Waals surface area contributed by atoms with E-state index in [0.29, 0.717) is 57.8 Å². The molecule has 3 rings (SSSR count). The van der Waals surface area contributed by atoms with Crippen LogP contribution >= 0.6 is 0 Å². The van der Waals surface area contributed by atoms with Gasteiger partial charge in [-0.2, -0.15) is 0 Å². The van der Waals surface area contributed by atoms with E-state index >= 15 is 0 Å². The van der Waals surface area contributed by atoms with Crippen molar-refractivity contribution in [1.29, 1.82) is 0 Å². The van der Waals surface area contributed by atoms with Crippen LogP contribution in [0.1, 0.15) is 86.6 Å². The minimum Gasteiger partial charge on any atom is -0.490 e. The minimum absolute atomic E-state index is 0.102. The third-order valence-corrected chi connectivity index (χ3v) is 6.98. The number of amides is 3. The van der Waals surface area contributed by atoms with Crippen LogP contribution in [0.3, 0.4) is 0 Å². The summed E-state index contributed by atoms with van der Waals surface area (Å²) in [5.41, 5.74) is -0.473. The first kappa shape index (κ1) is 38.6. The Bertz CT molecular complexity index is 1150. The molecule has 3 atom stereocenters. The predicted octanol–water partition coefficient (Wildman–Crippen LogP) is 4.86. The van der Waals surface area contributed by atoms with E-state index in [1.165, 1.54) is 0 Å². The summed E-state index contributed by atoms with van der Waals surface area (Å²) in [6.45, 7) is 16.1. The molecule has 258 valence electrons. The van der Waals surface area contributed by atoms with Crippen LogP contribution in [0.4, 0.5) is 4.79 Å². The van der Waals surface area contributed by atoms with E-state index < -0.39 is 41.1 Å². The number of carbonyl (C=O) groups is 4. The van der Waals surface area contributed by atoms with E-state index in [9.17, 15) is 19.2 Å². The lowest BCUT2D eigenvalue weighted by atomic mass is 9.93. The van der Waals surface area contributed by atoms with Gasteiger partial charge in [0.05, 0.1) is 25.2 Å². The molecule has 46 heavy (non-hydrogen) atoms. The number of carbonyl (C=O) groups excluding carboxylic acids is 4. The van der Waals surface area contributed by atoms with Gasteiger partial charge in [0.2, 0.25) is 11.8 Å². The molecule has 11 nitrogen and oxygen atoms in total. The second-order valence-electron chi connectivity index (χ2n) is 14.0. The Morgan fingerprint density at radius 2 is 1.61 bits per heavy atom. The number of ether oxygens (including phenoxy) is 4. The molecule has 0 aromatic heterocycles. The molecule has 0 saturated heterocycles. The topological polar surface area (TPSA) is 141 Å². The smallest absolute Gasteiger partial charge is 0.407 e. The van der Waals surface area contributed by atoms with E-state index in [-0.39, 0.29) is 24.3 Å². The zero-order chi connectivity index (χ0) is 34.3. The molecule has 0 fully saturated rings. The maximum Gasteiger partial charge on any atom is 0.407 e. The molecule has 0 saturated carbocycles. The van der Waals surface area contributed by atoms with Gasteiger partial charge in [-0.25, -0.2) is 9.59 Å². The first-order chi connectivity index (χ1) is 21.5. The fourth-order valence-electron chi connectivity index (χ4n) is 4.59. The quantitative estimate of drug-likeness (QED) is 0.186. The van der Waals surface area contributed by atoms with Crippen LogP contribution < -0.4 is 20.7 Å². The first-order valence-corrected chi connectivity index (χ1v) is 16.3. The highest BCUT2D eigenvalue weighted by molar-refractivity contribution is 5.89. The van der Waals surface area contributed by atoms with E-state index in [4.69, 9.17) is 18.9 Å². The van der Waals surface area contributed by atoms with Gasteiger partial charge in [-0.05, 0) is 96.9 Å². The Morgan fingerprint density at radius 1 is 0.957 bits per heavy atom. The molecule has 2 aliphatic heterocycles. The molecule has 1 unspecified atom stereocenters. The monoisotopic (exact) mass is 645 g/mol. The molecule has 2 heterocycles. The first-order valence-electron chi connectivity index (χ1n) is 16.3. The van der Waals surface area contributed by atoms with Gasteiger partial charge < -0.3 is 34.9 Å². The molecule has 0 spiro atoms. The van der Waals surface area contributed by atoms with Crippen LogP contribution in [0.15, 0.2) is 36.4 Å². The lowest BCUT2D eigenvalue weighted by Gasteiger charge is -2.27. The number of nitrogens with one attached hydrogen (secondary N) is 3. The molecule has 0 aliphatic carbocycles. The zero-order valence-corrected chi connectivity index (χ0v) is 28.9. The summed E-state index contributed by atoms with van der Waals surface area (Å²) in [5.74, 6) is -1.14. The Kier molecular flexibility index (Phi) is 15.5. The molecule has 2 bridgehead atoms. The summed E-state index contributed by atoms with van der Waals surface area (Å²) in [6.07, 6.45) is 4.85. The maximum atomic E-state index is 13.6. The number of benzene rings is 1. The largest absolute Gasteiger partial charge is 0.490 e. The van der Waals surface area contributed by atoms with Crippen molar-refractivity contribution in [2.24, 2.45) is 11.8 Å². The number of hydrogen-bond acceptors (Lipinski definition) is 8. The second-order valence-corrected chi connectivity index (χ2v) is 14.0. The van der Waals surface area contributed by atoms with Crippen LogP contribution in [-0.2, 0) is 35.0 Å². The van der Waals surface area contributed by atoms with Gasteiger partial charge in [0.25, 0.3) is 0 Å². The Labute approximate surface area is 274 Å². The van der Waals surface area contributed by atoms with Gasteiger partial charge in [-0.1, -0.05) is 32.1 Å². The molecule has 1 aromatic carbocycles. The lowest BCUT2D eigenvalue weighted by molar-refractivity contribution is -0.159. The average Bonchev–Trinajstić information content (AvgIpc) is 2.93. The zero-order valence-electron chi connectivity index (χ0n) is 28.9. The summed E-state index contributed by atoms with van der Waals surface area (Å²) >= 11 is 0. The van der Waals surface area contributed by atoms with Gasteiger partial charge in [0.15, 0.2) is 0 Å². The summed E-state index contributed by atoms with van der Waals surface area (Å²) in [4.78, 5) is 52.1. The molecular formula is C35H55N3O8. The van der Waals surface area contributed by atoms with Crippen LogP contribution in [0.5, 0.6) is 5.75 Å². The van der Waals surface area contributed by atoms with E-state index in [1.54, 1.807) is 41.5 Å². The summed E-state index contributed by atoms with van der Waals surface area (Å²) in [7, 11) is 0. The van der Waals surface area contributed by atoms with Gasteiger partial charge in [-0.3, -0.25) is 9.59 Å². The summed E-state index contributed by atoms with van der Waals surface area (Å²) < 4.78 is 22.4. The van der Waals surface area contributed by atoms with Crippen LogP contribution in [0, 0.1) is 11.8 Å². The number of esters is 1. The third-order valence-electron chi connectivity index (χ3n) is 6.98. The van der Waals surface area contributed by atoms with Crippen LogP contribution in [0.25, 0.3) is 0 Å². The van der Waals surface area contributed by atoms with Crippen LogP contribution in [-0.4, -0.2) is 73.5 Å². The number of alkyl carbamates (subject to hydrolysis) is 1. The molecular weight excluding hydrogens is 590 g/mol. The fraction of sp³-hybridized carbons (Fsp3) is 0.657. The van der Waals surface area contributed by atoms with Crippen molar-refractivity contribution < 1.29 is 38.1 Å². The van der Waals surface area contributed by atoms with E-state index in [2.05, 4.69) is 16.0 Å². The van der Waals surface area contributed by atoms with Crippen molar-refractivity contribution in [2.45, 2.75) is 111 Å². The van der Waals surface area contributed by atoms with Crippen molar-refractivity contribution in [3.05, 3.63) is 42.0 Å². The van der Waals surface area contributed by atoms with Crippen molar-refractivity contribution in [1.82, 2.24) is 16.0 Å². The Balaban J connectivity index is 2.15. The second kappa shape index (κ2) is 18.5.